The molecule has 1 aliphatic carbocycles. The van der Waals surface area contributed by atoms with Gasteiger partial charge in [0.1, 0.15) is 6.07 Å². The van der Waals surface area contributed by atoms with Crippen LogP contribution in [0.5, 0.6) is 0 Å². The van der Waals surface area contributed by atoms with E-state index in [2.05, 4.69) is 31.2 Å². The molecule has 1 aromatic rings. The lowest BCUT2D eigenvalue weighted by atomic mass is 9.78. The fourth-order valence-corrected chi connectivity index (χ4v) is 4.48. The number of rotatable bonds is 12. The molecular weight excluding hydrogens is 345 g/mol. The minimum absolute atomic E-state index is 0.629. The van der Waals surface area contributed by atoms with Crippen LogP contribution in [0.25, 0.3) is 0 Å². The van der Waals surface area contributed by atoms with Crippen LogP contribution in [0.1, 0.15) is 95.1 Å². The van der Waals surface area contributed by atoms with Crippen molar-refractivity contribution in [1.82, 2.24) is 0 Å². The van der Waals surface area contributed by atoms with E-state index in [1.54, 1.807) is 6.07 Å². The van der Waals surface area contributed by atoms with Gasteiger partial charge >= 0.3 is 0 Å². The third kappa shape index (κ3) is 9.05. The van der Waals surface area contributed by atoms with Crippen molar-refractivity contribution < 1.29 is 4.39 Å². The predicted octanol–water partition coefficient (Wildman–Crippen LogP) is 8.10. The molecule has 0 radical (unpaired) electrons. The van der Waals surface area contributed by atoms with Gasteiger partial charge in [-0.2, -0.15) is 9.65 Å². The van der Waals surface area contributed by atoms with Gasteiger partial charge in [-0.25, -0.2) is 0 Å². The van der Waals surface area contributed by atoms with E-state index >= 15 is 0 Å². The molecule has 1 nitrogen and oxygen atoms in total. The number of unbranched alkanes of at least 4 members (excludes halogenated alkanes) is 4. The van der Waals surface area contributed by atoms with Crippen LogP contribution >= 0.6 is 0 Å². The Labute approximate surface area is 172 Å². The minimum Gasteiger partial charge on any atom is -0.195 e. The van der Waals surface area contributed by atoms with Gasteiger partial charge < -0.3 is 0 Å². The fourth-order valence-electron chi connectivity index (χ4n) is 4.48. The van der Waals surface area contributed by atoms with Crippen LogP contribution in [0, 0.1) is 23.2 Å². The number of aryl methyl sites for hydroxylation is 2. The Morgan fingerprint density at radius 2 is 1.50 bits per heavy atom. The van der Waals surface area contributed by atoms with Crippen molar-refractivity contribution in [1.29, 1.82) is 5.26 Å². The molecule has 0 heterocycles. The summed E-state index contributed by atoms with van der Waals surface area (Å²) < 4.78 is 12.8. The van der Waals surface area contributed by atoms with Crippen molar-refractivity contribution in [3.8, 4) is 6.07 Å². The zero-order valence-electron chi connectivity index (χ0n) is 17.8. The van der Waals surface area contributed by atoms with Gasteiger partial charge in [0.15, 0.2) is 5.83 Å². The maximum atomic E-state index is 12.8. The molecule has 0 bridgehead atoms. The number of nitriles is 1. The second-order valence-corrected chi connectivity index (χ2v) is 8.65. The number of hydrogen-bond donors (Lipinski definition) is 0. The first-order chi connectivity index (χ1) is 13.7. The Morgan fingerprint density at radius 3 is 2.11 bits per heavy atom. The van der Waals surface area contributed by atoms with Crippen molar-refractivity contribution in [2.75, 3.05) is 0 Å². The van der Waals surface area contributed by atoms with Gasteiger partial charge in [0.2, 0.25) is 0 Å². The van der Waals surface area contributed by atoms with Crippen molar-refractivity contribution >= 4 is 0 Å². The number of allylic oxidation sites excluding steroid dienone is 2. The fraction of sp³-hybridized carbons (Fsp3) is 0.654. The molecule has 154 valence electrons. The smallest absolute Gasteiger partial charge is 0.195 e. The highest BCUT2D eigenvalue weighted by atomic mass is 19.1. The van der Waals surface area contributed by atoms with E-state index in [0.29, 0.717) is 6.42 Å². The van der Waals surface area contributed by atoms with Gasteiger partial charge in [-0.1, -0.05) is 82.6 Å². The highest BCUT2D eigenvalue weighted by molar-refractivity contribution is 5.22. The average molecular weight is 384 g/mol. The van der Waals surface area contributed by atoms with Crippen molar-refractivity contribution in [2.24, 2.45) is 11.8 Å². The summed E-state index contributed by atoms with van der Waals surface area (Å²) in [5, 5.41) is 8.45. The van der Waals surface area contributed by atoms with Crippen LogP contribution in [0.15, 0.2) is 36.2 Å². The van der Waals surface area contributed by atoms with Crippen LogP contribution < -0.4 is 0 Å². The highest BCUT2D eigenvalue weighted by Gasteiger charge is 2.20. The molecule has 2 rings (SSSR count). The van der Waals surface area contributed by atoms with Gasteiger partial charge in [-0.05, 0) is 67.6 Å². The summed E-state index contributed by atoms with van der Waals surface area (Å²) in [5.74, 6) is 0.938. The maximum Gasteiger partial charge on any atom is 0.196 e. The van der Waals surface area contributed by atoms with Gasteiger partial charge in [0.25, 0.3) is 0 Å². The molecule has 1 saturated carbocycles. The number of halogens is 1. The standard InChI is InChI=1S/C26H38FN/c1-2-3-4-5-6-8-22-11-15-24(16-12-22)19-20-25-17-13-23(14-18-25)9-7-10-26(27)21-28/h10-12,15-16,23,25H,2-9,13-14,17-20H2,1H3/b26-10-/t23-,25-. The van der Waals surface area contributed by atoms with E-state index in [1.807, 2.05) is 0 Å². The maximum absolute atomic E-state index is 12.8. The Hall–Kier alpha value is -1.62. The van der Waals surface area contributed by atoms with Crippen LogP contribution in [-0.4, -0.2) is 0 Å². The Kier molecular flexibility index (Phi) is 11.0. The summed E-state index contributed by atoms with van der Waals surface area (Å²) in [6, 6.07) is 10.9. The Bertz CT molecular complexity index is 602. The predicted molar refractivity (Wildman–Crippen MR) is 117 cm³/mol. The molecule has 0 N–H and O–H groups in total. The summed E-state index contributed by atoms with van der Waals surface area (Å²) in [6.45, 7) is 2.27. The summed E-state index contributed by atoms with van der Waals surface area (Å²) >= 11 is 0. The quantitative estimate of drug-likeness (QED) is 0.264. The SMILES string of the molecule is CCCCCCCc1ccc(CC[C@H]2CC[C@H](CC/C=C(\F)C#N)CC2)cc1. The van der Waals surface area contributed by atoms with E-state index in [1.165, 1.54) is 94.3 Å². The number of benzene rings is 1. The lowest BCUT2D eigenvalue weighted by Gasteiger charge is -2.28. The highest BCUT2D eigenvalue weighted by Crippen LogP contribution is 2.34. The monoisotopic (exact) mass is 383 g/mol. The van der Waals surface area contributed by atoms with E-state index in [0.717, 1.165) is 18.3 Å². The van der Waals surface area contributed by atoms with Crippen molar-refractivity contribution in [3.05, 3.63) is 47.3 Å². The lowest BCUT2D eigenvalue weighted by molar-refractivity contribution is 0.254. The Balaban J connectivity index is 1.60. The molecular formula is C26H38FN. The molecule has 0 saturated heterocycles. The van der Waals surface area contributed by atoms with E-state index in [9.17, 15) is 4.39 Å². The van der Waals surface area contributed by atoms with E-state index in [4.69, 9.17) is 5.26 Å². The van der Waals surface area contributed by atoms with Gasteiger partial charge in [-0.3, -0.25) is 0 Å². The van der Waals surface area contributed by atoms with Crippen LogP contribution in [-0.2, 0) is 12.8 Å². The van der Waals surface area contributed by atoms with Crippen molar-refractivity contribution in [2.45, 2.75) is 96.8 Å². The third-order valence-electron chi connectivity index (χ3n) is 6.40. The number of hydrogen-bond acceptors (Lipinski definition) is 1. The molecule has 1 fully saturated rings. The summed E-state index contributed by atoms with van der Waals surface area (Å²) in [7, 11) is 0. The van der Waals surface area contributed by atoms with Gasteiger partial charge in [0.05, 0.1) is 0 Å². The average Bonchev–Trinajstić information content (AvgIpc) is 2.73. The third-order valence-corrected chi connectivity index (χ3v) is 6.40. The molecule has 1 aliphatic rings. The molecule has 0 atom stereocenters. The first-order valence-electron chi connectivity index (χ1n) is 11.5. The van der Waals surface area contributed by atoms with E-state index < -0.39 is 5.83 Å². The zero-order chi connectivity index (χ0) is 20.0. The second-order valence-electron chi connectivity index (χ2n) is 8.65. The minimum atomic E-state index is -0.629. The normalized spacial score (nSPS) is 20.1. The summed E-state index contributed by atoms with van der Waals surface area (Å²) in [5.41, 5.74) is 2.97. The van der Waals surface area contributed by atoms with Gasteiger partial charge in [-0.15, -0.1) is 0 Å². The molecule has 28 heavy (non-hydrogen) atoms. The summed E-state index contributed by atoms with van der Waals surface area (Å²) in [6.07, 6.45) is 18.8. The van der Waals surface area contributed by atoms with Crippen LogP contribution in [0.4, 0.5) is 4.39 Å². The first kappa shape index (κ1) is 22.7. The zero-order valence-corrected chi connectivity index (χ0v) is 17.8. The largest absolute Gasteiger partial charge is 0.196 e. The van der Waals surface area contributed by atoms with Crippen LogP contribution in [0.2, 0.25) is 0 Å². The molecule has 0 spiro atoms. The second kappa shape index (κ2) is 13.5. The molecule has 0 aromatic heterocycles. The lowest BCUT2D eigenvalue weighted by Crippen LogP contribution is -2.15. The van der Waals surface area contributed by atoms with Crippen LogP contribution in [0.3, 0.4) is 0 Å². The Morgan fingerprint density at radius 1 is 0.929 bits per heavy atom. The van der Waals surface area contributed by atoms with Crippen molar-refractivity contribution in [3.63, 3.8) is 0 Å². The molecule has 0 aliphatic heterocycles. The first-order valence-corrected chi connectivity index (χ1v) is 11.5. The molecule has 1 aromatic carbocycles. The topological polar surface area (TPSA) is 23.8 Å². The van der Waals surface area contributed by atoms with E-state index in [-0.39, 0.29) is 0 Å². The number of nitrogens with zero attached hydrogens (tertiary/aromatic N) is 1. The van der Waals surface area contributed by atoms with Gasteiger partial charge in [0, 0.05) is 0 Å². The molecule has 0 unspecified atom stereocenters. The molecule has 0 amide bonds. The summed E-state index contributed by atoms with van der Waals surface area (Å²) in [4.78, 5) is 0. The molecule has 2 heteroatoms.